The van der Waals surface area contributed by atoms with E-state index in [-0.39, 0.29) is 11.8 Å². The van der Waals surface area contributed by atoms with E-state index in [1.54, 1.807) is 54.7 Å². The summed E-state index contributed by atoms with van der Waals surface area (Å²) in [5.74, 6) is 0.387. The quantitative estimate of drug-likeness (QED) is 0.673. The molecule has 0 saturated heterocycles. The molecule has 142 valence electrons. The first kappa shape index (κ1) is 19.1. The summed E-state index contributed by atoms with van der Waals surface area (Å²) >= 11 is 0. The SMILES string of the molecule is CCOc1ccccc1C(=O)Nc1cccc(C(=O)Nc2cc(C)ccn2)c1. The van der Waals surface area contributed by atoms with E-state index < -0.39 is 0 Å². The van der Waals surface area contributed by atoms with E-state index in [0.29, 0.717) is 35.0 Å². The minimum Gasteiger partial charge on any atom is -0.493 e. The van der Waals surface area contributed by atoms with Gasteiger partial charge in [0.15, 0.2) is 0 Å². The molecule has 2 N–H and O–H groups in total. The van der Waals surface area contributed by atoms with E-state index in [9.17, 15) is 9.59 Å². The van der Waals surface area contributed by atoms with Crippen molar-refractivity contribution in [3.05, 3.63) is 83.6 Å². The summed E-state index contributed by atoms with van der Waals surface area (Å²) in [6, 6.07) is 17.4. The van der Waals surface area contributed by atoms with Crippen LogP contribution in [0, 0.1) is 6.92 Å². The molecule has 0 aliphatic heterocycles. The van der Waals surface area contributed by atoms with Gasteiger partial charge in [-0.05, 0) is 61.9 Å². The van der Waals surface area contributed by atoms with Gasteiger partial charge in [0.25, 0.3) is 11.8 Å². The normalized spacial score (nSPS) is 10.2. The molecule has 1 heterocycles. The zero-order valence-corrected chi connectivity index (χ0v) is 15.7. The molecule has 3 aromatic rings. The lowest BCUT2D eigenvalue weighted by Crippen LogP contribution is -2.16. The van der Waals surface area contributed by atoms with Crippen LogP contribution in [-0.4, -0.2) is 23.4 Å². The Morgan fingerprint density at radius 1 is 0.964 bits per heavy atom. The zero-order chi connectivity index (χ0) is 19.9. The number of hydrogen-bond donors (Lipinski definition) is 2. The fourth-order valence-corrected chi connectivity index (χ4v) is 2.67. The highest BCUT2D eigenvalue weighted by Crippen LogP contribution is 2.20. The summed E-state index contributed by atoms with van der Waals surface area (Å²) in [5.41, 5.74) is 2.36. The van der Waals surface area contributed by atoms with Crippen LogP contribution in [0.4, 0.5) is 11.5 Å². The summed E-state index contributed by atoms with van der Waals surface area (Å²) in [5, 5.41) is 5.57. The molecule has 2 amide bonds. The molecule has 0 atom stereocenters. The standard InChI is InChI=1S/C22H21N3O3/c1-3-28-19-10-5-4-9-18(19)22(27)24-17-8-6-7-16(14-17)21(26)25-20-13-15(2)11-12-23-20/h4-14H,3H2,1-2H3,(H,24,27)(H,23,25,26). The number of aryl methyl sites for hydroxylation is 1. The minimum atomic E-state index is -0.304. The Labute approximate surface area is 163 Å². The van der Waals surface area contributed by atoms with Crippen LogP contribution >= 0.6 is 0 Å². The third-order valence-corrected chi connectivity index (χ3v) is 3.97. The molecule has 1 aromatic heterocycles. The molecule has 0 aliphatic carbocycles. The van der Waals surface area contributed by atoms with E-state index >= 15 is 0 Å². The molecule has 0 radical (unpaired) electrons. The van der Waals surface area contributed by atoms with Gasteiger partial charge in [-0.15, -0.1) is 0 Å². The van der Waals surface area contributed by atoms with Gasteiger partial charge in [-0.3, -0.25) is 9.59 Å². The monoisotopic (exact) mass is 375 g/mol. The molecule has 0 saturated carbocycles. The van der Waals surface area contributed by atoms with Crippen molar-refractivity contribution in [3.63, 3.8) is 0 Å². The van der Waals surface area contributed by atoms with Crippen LogP contribution in [0.25, 0.3) is 0 Å². The highest BCUT2D eigenvalue weighted by molar-refractivity contribution is 6.08. The molecule has 2 aromatic carbocycles. The predicted octanol–water partition coefficient (Wildman–Crippen LogP) is 4.29. The van der Waals surface area contributed by atoms with Gasteiger partial charge in [-0.1, -0.05) is 18.2 Å². The fourth-order valence-electron chi connectivity index (χ4n) is 2.67. The molecule has 0 spiro atoms. The van der Waals surface area contributed by atoms with Gasteiger partial charge < -0.3 is 15.4 Å². The number of nitrogens with one attached hydrogen (secondary N) is 2. The lowest BCUT2D eigenvalue weighted by atomic mass is 10.1. The summed E-state index contributed by atoms with van der Waals surface area (Å²) < 4.78 is 5.50. The van der Waals surface area contributed by atoms with E-state index in [4.69, 9.17) is 4.74 Å². The van der Waals surface area contributed by atoms with Crippen molar-refractivity contribution in [2.24, 2.45) is 0 Å². The number of anilines is 2. The Morgan fingerprint density at radius 3 is 2.57 bits per heavy atom. The lowest BCUT2D eigenvalue weighted by molar-refractivity contribution is 0.101. The Morgan fingerprint density at radius 2 is 1.79 bits per heavy atom. The van der Waals surface area contributed by atoms with Crippen molar-refractivity contribution in [2.45, 2.75) is 13.8 Å². The maximum Gasteiger partial charge on any atom is 0.259 e. The van der Waals surface area contributed by atoms with Crippen molar-refractivity contribution < 1.29 is 14.3 Å². The maximum absolute atomic E-state index is 12.6. The minimum absolute atomic E-state index is 0.302. The first-order valence-corrected chi connectivity index (χ1v) is 8.94. The molecule has 0 aliphatic rings. The number of rotatable bonds is 6. The summed E-state index contributed by atoms with van der Waals surface area (Å²) in [6.07, 6.45) is 1.64. The molecule has 3 rings (SSSR count). The summed E-state index contributed by atoms with van der Waals surface area (Å²) in [6.45, 7) is 4.25. The Hall–Kier alpha value is -3.67. The molecule has 0 fully saturated rings. The largest absolute Gasteiger partial charge is 0.493 e. The molecule has 0 bridgehead atoms. The van der Waals surface area contributed by atoms with Gasteiger partial charge in [-0.2, -0.15) is 0 Å². The van der Waals surface area contributed by atoms with Crippen molar-refractivity contribution in [1.29, 1.82) is 0 Å². The molecular formula is C22H21N3O3. The summed E-state index contributed by atoms with van der Waals surface area (Å²) in [7, 11) is 0. The van der Waals surface area contributed by atoms with Crippen LogP contribution in [0.3, 0.4) is 0 Å². The van der Waals surface area contributed by atoms with Crippen LogP contribution in [0.5, 0.6) is 5.75 Å². The molecule has 6 nitrogen and oxygen atoms in total. The van der Waals surface area contributed by atoms with Crippen molar-refractivity contribution in [2.75, 3.05) is 17.2 Å². The Bertz CT molecular complexity index is 1000. The second-order valence-electron chi connectivity index (χ2n) is 6.14. The van der Waals surface area contributed by atoms with Crippen molar-refractivity contribution in [3.8, 4) is 5.75 Å². The highest BCUT2D eigenvalue weighted by atomic mass is 16.5. The third-order valence-electron chi connectivity index (χ3n) is 3.97. The first-order chi connectivity index (χ1) is 13.6. The van der Waals surface area contributed by atoms with Crippen LogP contribution in [-0.2, 0) is 0 Å². The van der Waals surface area contributed by atoms with Crippen LogP contribution < -0.4 is 15.4 Å². The average molecular weight is 375 g/mol. The number of para-hydroxylation sites is 1. The number of ether oxygens (including phenoxy) is 1. The second-order valence-corrected chi connectivity index (χ2v) is 6.14. The van der Waals surface area contributed by atoms with Crippen LogP contribution in [0.2, 0.25) is 0 Å². The molecular weight excluding hydrogens is 354 g/mol. The second kappa shape index (κ2) is 8.81. The number of aromatic nitrogens is 1. The number of benzene rings is 2. The summed E-state index contributed by atoms with van der Waals surface area (Å²) in [4.78, 5) is 29.2. The van der Waals surface area contributed by atoms with Crippen LogP contribution in [0.15, 0.2) is 66.9 Å². The first-order valence-electron chi connectivity index (χ1n) is 8.94. The van der Waals surface area contributed by atoms with Gasteiger partial charge in [0, 0.05) is 17.4 Å². The lowest BCUT2D eigenvalue weighted by Gasteiger charge is -2.11. The van der Waals surface area contributed by atoms with E-state index in [1.165, 1.54) is 0 Å². The molecule has 0 unspecified atom stereocenters. The average Bonchev–Trinajstić information content (AvgIpc) is 2.69. The number of pyridine rings is 1. The molecule has 6 heteroatoms. The van der Waals surface area contributed by atoms with E-state index in [0.717, 1.165) is 5.56 Å². The zero-order valence-electron chi connectivity index (χ0n) is 15.7. The van der Waals surface area contributed by atoms with Gasteiger partial charge in [0.05, 0.1) is 12.2 Å². The Balaban J connectivity index is 1.74. The smallest absolute Gasteiger partial charge is 0.259 e. The Kier molecular flexibility index (Phi) is 6.01. The van der Waals surface area contributed by atoms with Gasteiger partial charge >= 0.3 is 0 Å². The number of amides is 2. The molecule has 28 heavy (non-hydrogen) atoms. The van der Waals surface area contributed by atoms with E-state index in [1.807, 2.05) is 26.0 Å². The number of carbonyl (C=O) groups excluding carboxylic acids is 2. The number of nitrogens with zero attached hydrogens (tertiary/aromatic N) is 1. The fraction of sp³-hybridized carbons (Fsp3) is 0.136. The number of carbonyl (C=O) groups is 2. The van der Waals surface area contributed by atoms with Crippen molar-refractivity contribution >= 4 is 23.3 Å². The predicted molar refractivity (Wildman–Crippen MR) is 109 cm³/mol. The highest BCUT2D eigenvalue weighted by Gasteiger charge is 2.13. The maximum atomic E-state index is 12.6. The van der Waals surface area contributed by atoms with Crippen molar-refractivity contribution in [1.82, 2.24) is 4.98 Å². The van der Waals surface area contributed by atoms with Gasteiger partial charge in [0.2, 0.25) is 0 Å². The third kappa shape index (κ3) is 4.73. The van der Waals surface area contributed by atoms with E-state index in [2.05, 4.69) is 15.6 Å². The van der Waals surface area contributed by atoms with Crippen LogP contribution in [0.1, 0.15) is 33.2 Å². The topological polar surface area (TPSA) is 80.3 Å². The van der Waals surface area contributed by atoms with Gasteiger partial charge in [-0.25, -0.2) is 4.98 Å². The van der Waals surface area contributed by atoms with Gasteiger partial charge in [0.1, 0.15) is 11.6 Å². The number of hydrogen-bond acceptors (Lipinski definition) is 4.